The second kappa shape index (κ2) is 10.3. The molecule has 0 unspecified atom stereocenters. The van der Waals surface area contributed by atoms with Crippen molar-refractivity contribution in [1.82, 2.24) is 15.5 Å². The lowest BCUT2D eigenvalue weighted by molar-refractivity contribution is -0.120. The molecule has 0 bridgehead atoms. The van der Waals surface area contributed by atoms with Gasteiger partial charge in [0.2, 0.25) is 5.91 Å². The van der Waals surface area contributed by atoms with Gasteiger partial charge < -0.3 is 20.3 Å². The zero-order valence-electron chi connectivity index (χ0n) is 16.7. The van der Waals surface area contributed by atoms with Crippen molar-refractivity contribution in [3.8, 4) is 5.75 Å². The van der Waals surface area contributed by atoms with E-state index >= 15 is 0 Å². The second-order valence-corrected chi connectivity index (χ2v) is 9.77. The summed E-state index contributed by atoms with van der Waals surface area (Å²) in [6.07, 6.45) is 0. The Kier molecular flexibility index (Phi) is 8.99. The number of benzene rings is 1. The van der Waals surface area contributed by atoms with Gasteiger partial charge in [0.1, 0.15) is 5.75 Å². The fourth-order valence-electron chi connectivity index (χ4n) is 2.82. The van der Waals surface area contributed by atoms with Crippen LogP contribution in [0.1, 0.15) is 19.4 Å². The summed E-state index contributed by atoms with van der Waals surface area (Å²) in [5, 5.41) is 5.84. The van der Waals surface area contributed by atoms with Gasteiger partial charge in [-0.3, -0.25) is 9.79 Å². The molecule has 0 spiro atoms. The second-order valence-electron chi connectivity index (χ2n) is 7.03. The fraction of sp³-hybridized carbons (Fsp3) is 0.556. The Bertz CT molecular complexity index is 794. The Balaban J connectivity index is 0.00000392. The van der Waals surface area contributed by atoms with Crippen LogP contribution >= 0.6 is 24.0 Å². The topological polar surface area (TPSA) is 100 Å². The van der Waals surface area contributed by atoms with E-state index in [0.717, 1.165) is 11.3 Å². The van der Waals surface area contributed by atoms with E-state index in [1.165, 1.54) is 0 Å². The van der Waals surface area contributed by atoms with Crippen LogP contribution in [0.3, 0.4) is 0 Å². The largest absolute Gasteiger partial charge is 0.497 e. The van der Waals surface area contributed by atoms with Crippen LogP contribution in [0.2, 0.25) is 0 Å². The van der Waals surface area contributed by atoms with Crippen LogP contribution in [0.25, 0.3) is 0 Å². The zero-order chi connectivity index (χ0) is 20.1. The highest BCUT2D eigenvalue weighted by Gasteiger charge is 2.40. The van der Waals surface area contributed by atoms with Crippen LogP contribution in [-0.4, -0.2) is 69.5 Å². The molecule has 2 rings (SSSR count). The highest BCUT2D eigenvalue weighted by atomic mass is 127. The number of ether oxygens (including phenoxy) is 1. The lowest BCUT2D eigenvalue weighted by atomic mass is 10.2. The van der Waals surface area contributed by atoms with Gasteiger partial charge in [0, 0.05) is 26.7 Å². The van der Waals surface area contributed by atoms with Crippen molar-refractivity contribution >= 4 is 45.7 Å². The molecule has 1 aliphatic rings. The number of rotatable bonds is 5. The number of amides is 1. The van der Waals surface area contributed by atoms with Gasteiger partial charge in [0.05, 0.1) is 24.2 Å². The summed E-state index contributed by atoms with van der Waals surface area (Å²) in [6, 6.07) is 7.46. The van der Waals surface area contributed by atoms with E-state index in [0.29, 0.717) is 25.6 Å². The molecule has 1 heterocycles. The monoisotopic (exact) mass is 524 g/mol. The van der Waals surface area contributed by atoms with E-state index in [4.69, 9.17) is 4.74 Å². The molecule has 1 amide bonds. The van der Waals surface area contributed by atoms with Gasteiger partial charge >= 0.3 is 0 Å². The van der Waals surface area contributed by atoms with Crippen LogP contribution in [0.15, 0.2) is 29.3 Å². The van der Waals surface area contributed by atoms with Crippen molar-refractivity contribution in [3.63, 3.8) is 0 Å². The maximum absolute atomic E-state index is 12.1. The standard InChI is InChI=1S/C18H28N4O4S.HI/c1-18(2)13-22(9-10-27(18,24)25)17(19-3)21-12-16(23)20-11-14-5-7-15(26-4)8-6-14;/h5-8H,9-13H2,1-4H3,(H,19,21)(H,20,23);1H. The number of carbonyl (C=O) groups is 1. The summed E-state index contributed by atoms with van der Waals surface area (Å²) in [5.74, 6) is 1.19. The number of carbonyl (C=O) groups excluding carboxylic acids is 1. The molecule has 0 aromatic heterocycles. The lowest BCUT2D eigenvalue weighted by Gasteiger charge is -2.39. The number of methoxy groups -OCH3 is 1. The molecule has 0 saturated carbocycles. The summed E-state index contributed by atoms with van der Waals surface area (Å²) >= 11 is 0. The molecule has 0 radical (unpaired) electrons. The van der Waals surface area contributed by atoms with Crippen LogP contribution in [0.5, 0.6) is 5.75 Å². The third-order valence-corrected chi connectivity index (χ3v) is 7.14. The van der Waals surface area contributed by atoms with Crippen molar-refractivity contribution in [2.75, 3.05) is 39.5 Å². The third kappa shape index (κ3) is 6.23. The molecule has 1 aromatic rings. The molecule has 1 aromatic carbocycles. The van der Waals surface area contributed by atoms with Gasteiger partial charge in [-0.2, -0.15) is 0 Å². The SMILES string of the molecule is CN=C(NCC(=O)NCc1ccc(OC)cc1)N1CCS(=O)(=O)C(C)(C)C1.I. The smallest absolute Gasteiger partial charge is 0.239 e. The number of nitrogens with zero attached hydrogens (tertiary/aromatic N) is 2. The minimum atomic E-state index is -3.12. The van der Waals surface area contributed by atoms with Crippen molar-refractivity contribution < 1.29 is 17.9 Å². The Morgan fingerprint density at radius 3 is 2.43 bits per heavy atom. The maximum atomic E-state index is 12.1. The number of nitrogens with one attached hydrogen (secondary N) is 2. The number of aliphatic imine (C=N–C) groups is 1. The maximum Gasteiger partial charge on any atom is 0.239 e. The first kappa shape index (κ1) is 24.5. The molecule has 1 fully saturated rings. The van der Waals surface area contributed by atoms with Gasteiger partial charge in [-0.05, 0) is 31.5 Å². The van der Waals surface area contributed by atoms with Crippen LogP contribution < -0.4 is 15.4 Å². The molecule has 28 heavy (non-hydrogen) atoms. The average molecular weight is 524 g/mol. The summed E-state index contributed by atoms with van der Waals surface area (Å²) in [6.45, 7) is 4.60. The molecule has 1 aliphatic heterocycles. The van der Waals surface area contributed by atoms with E-state index < -0.39 is 14.6 Å². The summed E-state index contributed by atoms with van der Waals surface area (Å²) in [5.41, 5.74) is 0.969. The Morgan fingerprint density at radius 2 is 1.89 bits per heavy atom. The first-order chi connectivity index (χ1) is 12.7. The van der Waals surface area contributed by atoms with Gasteiger partial charge in [0.25, 0.3) is 0 Å². The number of hydrogen-bond acceptors (Lipinski definition) is 5. The molecular weight excluding hydrogens is 495 g/mol. The van der Waals surface area contributed by atoms with E-state index in [2.05, 4.69) is 15.6 Å². The zero-order valence-corrected chi connectivity index (χ0v) is 19.8. The molecule has 1 saturated heterocycles. The molecule has 2 N–H and O–H groups in total. The number of halogens is 1. The molecule has 158 valence electrons. The number of sulfone groups is 1. The van der Waals surface area contributed by atoms with Crippen LogP contribution in [0, 0.1) is 0 Å². The highest BCUT2D eigenvalue weighted by molar-refractivity contribution is 14.0. The van der Waals surface area contributed by atoms with Crippen LogP contribution in [-0.2, 0) is 21.2 Å². The molecule has 10 heteroatoms. The van der Waals surface area contributed by atoms with Crippen molar-refractivity contribution in [3.05, 3.63) is 29.8 Å². The Labute approximate surface area is 184 Å². The normalized spacial score (nSPS) is 18.0. The predicted octanol–water partition coefficient (Wildman–Crippen LogP) is 1.01. The van der Waals surface area contributed by atoms with E-state index in [1.54, 1.807) is 28.0 Å². The number of hydrogen-bond donors (Lipinski definition) is 2. The van der Waals surface area contributed by atoms with E-state index in [1.807, 2.05) is 29.2 Å². The highest BCUT2D eigenvalue weighted by Crippen LogP contribution is 2.23. The minimum absolute atomic E-state index is 0. The molecule has 8 nitrogen and oxygen atoms in total. The fourth-order valence-corrected chi connectivity index (χ4v) is 4.19. The number of guanidine groups is 1. The van der Waals surface area contributed by atoms with Crippen LogP contribution in [0.4, 0.5) is 0 Å². The summed E-state index contributed by atoms with van der Waals surface area (Å²) < 4.78 is 28.5. The first-order valence-corrected chi connectivity index (χ1v) is 10.4. The van der Waals surface area contributed by atoms with Crippen molar-refractivity contribution in [2.45, 2.75) is 25.1 Å². The first-order valence-electron chi connectivity index (χ1n) is 8.76. The van der Waals surface area contributed by atoms with Crippen molar-refractivity contribution in [1.29, 1.82) is 0 Å². The quantitative estimate of drug-likeness (QED) is 0.339. The van der Waals surface area contributed by atoms with E-state index in [-0.39, 0.29) is 42.2 Å². The van der Waals surface area contributed by atoms with Crippen molar-refractivity contribution in [2.24, 2.45) is 4.99 Å². The Hall–Kier alpha value is -1.56. The van der Waals surface area contributed by atoms with Gasteiger partial charge in [-0.15, -0.1) is 24.0 Å². The summed E-state index contributed by atoms with van der Waals surface area (Å²) in [7, 11) is 0.100. The minimum Gasteiger partial charge on any atom is -0.497 e. The average Bonchev–Trinajstić information content (AvgIpc) is 2.63. The molecular formula is C18H29IN4O4S. The van der Waals surface area contributed by atoms with Gasteiger partial charge in [0.15, 0.2) is 15.8 Å². The molecule has 0 aliphatic carbocycles. The van der Waals surface area contributed by atoms with Gasteiger partial charge in [-0.25, -0.2) is 8.42 Å². The lowest BCUT2D eigenvalue weighted by Crippen LogP contribution is -2.57. The van der Waals surface area contributed by atoms with E-state index in [9.17, 15) is 13.2 Å². The van der Waals surface area contributed by atoms with Gasteiger partial charge in [-0.1, -0.05) is 12.1 Å². The predicted molar refractivity (Wildman–Crippen MR) is 121 cm³/mol. The molecule has 0 atom stereocenters. The third-order valence-electron chi connectivity index (χ3n) is 4.61. The Morgan fingerprint density at radius 1 is 1.25 bits per heavy atom. The summed E-state index contributed by atoms with van der Waals surface area (Å²) in [4.78, 5) is 18.2.